The Morgan fingerprint density at radius 2 is 1.38 bits per heavy atom. The zero-order valence-electron chi connectivity index (χ0n) is 18.5. The predicted octanol–water partition coefficient (Wildman–Crippen LogP) is 4.17. The highest BCUT2D eigenvalue weighted by atomic mass is 16.5. The van der Waals surface area contributed by atoms with Crippen LogP contribution in [-0.4, -0.2) is 34.3 Å². The standard InChI is InChI=1S/C25H26N2O5/c1-29-19-11-10-16(12-18(19)26)23-22(15-8-6-5-7-9-15)25(28)27(23)17-13-20(30-2)24(32-4)21(14-17)31-3/h5-14,22-23H,26H2,1-4H3/t22-,23-/m1/s1. The molecule has 0 aliphatic carbocycles. The summed E-state index contributed by atoms with van der Waals surface area (Å²) in [5, 5.41) is 0. The minimum atomic E-state index is -0.344. The summed E-state index contributed by atoms with van der Waals surface area (Å²) in [4.78, 5) is 15.2. The van der Waals surface area contributed by atoms with Crippen LogP contribution in [0, 0.1) is 0 Å². The van der Waals surface area contributed by atoms with E-state index < -0.39 is 0 Å². The highest BCUT2D eigenvalue weighted by Crippen LogP contribution is 2.52. The van der Waals surface area contributed by atoms with Crippen LogP contribution >= 0.6 is 0 Å². The van der Waals surface area contributed by atoms with Gasteiger partial charge in [0.05, 0.1) is 51.8 Å². The molecule has 0 spiro atoms. The summed E-state index contributed by atoms with van der Waals surface area (Å²) in [6, 6.07) is 18.6. The molecule has 1 aliphatic heterocycles. The fraction of sp³-hybridized carbons (Fsp3) is 0.240. The Kier molecular flexibility index (Phi) is 5.81. The molecule has 0 bridgehead atoms. The summed E-state index contributed by atoms with van der Waals surface area (Å²) < 4.78 is 21.7. The van der Waals surface area contributed by atoms with Gasteiger partial charge in [-0.05, 0) is 23.3 Å². The van der Waals surface area contributed by atoms with Crippen LogP contribution in [0.1, 0.15) is 23.1 Å². The number of hydrogen-bond acceptors (Lipinski definition) is 6. The number of nitrogens with two attached hydrogens (primary N) is 1. The van der Waals surface area contributed by atoms with Gasteiger partial charge in [-0.1, -0.05) is 36.4 Å². The molecular formula is C25H26N2O5. The average molecular weight is 434 g/mol. The Hall–Kier alpha value is -3.87. The van der Waals surface area contributed by atoms with E-state index in [4.69, 9.17) is 24.7 Å². The molecule has 2 atom stereocenters. The molecule has 7 heteroatoms. The first-order valence-corrected chi connectivity index (χ1v) is 10.2. The van der Waals surface area contributed by atoms with Crippen LogP contribution in [0.5, 0.6) is 23.0 Å². The van der Waals surface area contributed by atoms with Crippen molar-refractivity contribution in [2.45, 2.75) is 12.0 Å². The number of carbonyl (C=O) groups is 1. The highest BCUT2D eigenvalue weighted by Gasteiger charge is 2.50. The van der Waals surface area contributed by atoms with Crippen LogP contribution in [0.25, 0.3) is 0 Å². The van der Waals surface area contributed by atoms with Gasteiger partial charge in [-0.3, -0.25) is 4.79 Å². The molecule has 1 fully saturated rings. The lowest BCUT2D eigenvalue weighted by molar-refractivity contribution is -0.126. The number of nitrogens with zero attached hydrogens (tertiary/aromatic N) is 1. The molecule has 0 aromatic heterocycles. The van der Waals surface area contributed by atoms with Crippen molar-refractivity contribution in [2.75, 3.05) is 39.1 Å². The largest absolute Gasteiger partial charge is 0.495 e. The maximum atomic E-state index is 13.5. The van der Waals surface area contributed by atoms with E-state index in [-0.39, 0.29) is 17.9 Å². The molecule has 0 radical (unpaired) electrons. The minimum absolute atomic E-state index is 0.0233. The van der Waals surface area contributed by atoms with E-state index >= 15 is 0 Å². The van der Waals surface area contributed by atoms with E-state index in [1.54, 1.807) is 45.5 Å². The van der Waals surface area contributed by atoms with Crippen LogP contribution in [0.4, 0.5) is 11.4 Å². The summed E-state index contributed by atoms with van der Waals surface area (Å²) in [5.41, 5.74) is 9.21. The second-order valence-corrected chi connectivity index (χ2v) is 7.43. The van der Waals surface area contributed by atoms with Crippen LogP contribution < -0.4 is 29.6 Å². The number of anilines is 2. The fourth-order valence-corrected chi connectivity index (χ4v) is 4.25. The van der Waals surface area contributed by atoms with Gasteiger partial charge in [0.15, 0.2) is 11.5 Å². The topological polar surface area (TPSA) is 83.2 Å². The number of methoxy groups -OCH3 is 4. The first-order chi connectivity index (χ1) is 15.5. The zero-order chi connectivity index (χ0) is 22.8. The normalized spacial score (nSPS) is 17.5. The van der Waals surface area contributed by atoms with Crippen molar-refractivity contribution >= 4 is 17.3 Å². The number of nitrogen functional groups attached to an aromatic ring is 1. The van der Waals surface area contributed by atoms with Crippen molar-refractivity contribution < 1.29 is 23.7 Å². The smallest absolute Gasteiger partial charge is 0.237 e. The molecule has 3 aromatic carbocycles. The molecule has 32 heavy (non-hydrogen) atoms. The third-order valence-corrected chi connectivity index (χ3v) is 5.78. The van der Waals surface area contributed by atoms with Crippen LogP contribution in [0.2, 0.25) is 0 Å². The Labute approximate surface area is 187 Å². The molecule has 1 heterocycles. The van der Waals surface area contributed by atoms with E-state index in [2.05, 4.69) is 0 Å². The zero-order valence-corrected chi connectivity index (χ0v) is 18.5. The number of carbonyl (C=O) groups excluding carboxylic acids is 1. The Morgan fingerprint density at radius 3 is 1.91 bits per heavy atom. The summed E-state index contributed by atoms with van der Waals surface area (Å²) in [5.74, 6) is 1.65. The van der Waals surface area contributed by atoms with Gasteiger partial charge in [-0.2, -0.15) is 0 Å². The number of hydrogen-bond donors (Lipinski definition) is 1. The molecule has 0 unspecified atom stereocenters. The third kappa shape index (κ3) is 3.45. The van der Waals surface area contributed by atoms with Crippen molar-refractivity contribution in [3.05, 3.63) is 71.8 Å². The van der Waals surface area contributed by atoms with Gasteiger partial charge >= 0.3 is 0 Å². The van der Waals surface area contributed by atoms with Crippen LogP contribution in [0.15, 0.2) is 60.7 Å². The van der Waals surface area contributed by atoms with Gasteiger partial charge in [-0.25, -0.2) is 0 Å². The van der Waals surface area contributed by atoms with E-state index in [1.165, 1.54) is 0 Å². The summed E-state index contributed by atoms with van der Waals surface area (Å²) in [7, 11) is 6.22. The molecular weight excluding hydrogens is 408 g/mol. The van der Waals surface area contributed by atoms with Crippen LogP contribution in [0.3, 0.4) is 0 Å². The second kappa shape index (κ2) is 8.70. The van der Waals surface area contributed by atoms with Crippen molar-refractivity contribution in [3.8, 4) is 23.0 Å². The summed E-state index contributed by atoms with van der Waals surface area (Å²) in [6.07, 6.45) is 0. The maximum absolute atomic E-state index is 13.5. The number of ether oxygens (including phenoxy) is 4. The molecule has 4 rings (SSSR count). The van der Waals surface area contributed by atoms with Crippen molar-refractivity contribution in [3.63, 3.8) is 0 Å². The van der Waals surface area contributed by atoms with E-state index in [9.17, 15) is 4.79 Å². The lowest BCUT2D eigenvalue weighted by Gasteiger charge is -2.48. The highest BCUT2D eigenvalue weighted by molar-refractivity contribution is 6.07. The third-order valence-electron chi connectivity index (χ3n) is 5.78. The predicted molar refractivity (Wildman–Crippen MR) is 123 cm³/mol. The van der Waals surface area contributed by atoms with Gasteiger partial charge in [0.1, 0.15) is 5.75 Å². The van der Waals surface area contributed by atoms with Gasteiger partial charge in [0.2, 0.25) is 11.7 Å². The molecule has 166 valence electrons. The van der Waals surface area contributed by atoms with Gasteiger partial charge in [-0.15, -0.1) is 0 Å². The summed E-state index contributed by atoms with van der Waals surface area (Å²) >= 11 is 0. The first-order valence-electron chi connectivity index (χ1n) is 10.2. The lowest BCUT2D eigenvalue weighted by Crippen LogP contribution is -2.53. The molecule has 1 saturated heterocycles. The lowest BCUT2D eigenvalue weighted by atomic mass is 9.77. The number of benzene rings is 3. The Balaban J connectivity index is 1.84. The minimum Gasteiger partial charge on any atom is -0.495 e. The molecule has 3 aromatic rings. The van der Waals surface area contributed by atoms with Crippen molar-refractivity contribution in [2.24, 2.45) is 0 Å². The average Bonchev–Trinajstić information content (AvgIpc) is 2.82. The number of β-lactam (4-membered cyclic amide) rings is 1. The van der Waals surface area contributed by atoms with Gasteiger partial charge in [0.25, 0.3) is 0 Å². The van der Waals surface area contributed by atoms with Gasteiger partial charge in [0, 0.05) is 12.1 Å². The quantitative estimate of drug-likeness (QED) is 0.444. The Morgan fingerprint density at radius 1 is 0.750 bits per heavy atom. The monoisotopic (exact) mass is 434 g/mol. The second-order valence-electron chi connectivity index (χ2n) is 7.43. The van der Waals surface area contributed by atoms with Crippen molar-refractivity contribution in [1.82, 2.24) is 0 Å². The van der Waals surface area contributed by atoms with Crippen LogP contribution in [-0.2, 0) is 4.79 Å². The maximum Gasteiger partial charge on any atom is 0.237 e. The van der Waals surface area contributed by atoms with E-state index in [0.29, 0.717) is 34.4 Å². The van der Waals surface area contributed by atoms with Gasteiger partial charge < -0.3 is 29.6 Å². The van der Waals surface area contributed by atoms with E-state index in [1.807, 2.05) is 48.5 Å². The molecule has 1 aliphatic rings. The van der Waals surface area contributed by atoms with Crippen molar-refractivity contribution in [1.29, 1.82) is 0 Å². The molecule has 1 amide bonds. The molecule has 2 N–H and O–H groups in total. The van der Waals surface area contributed by atoms with E-state index in [0.717, 1.165) is 11.1 Å². The number of rotatable bonds is 7. The molecule has 0 saturated carbocycles. The Bertz CT molecular complexity index is 1110. The molecule has 7 nitrogen and oxygen atoms in total. The SMILES string of the molecule is COc1ccc([C@@H]2[C@@H](c3ccccc3)C(=O)N2c2cc(OC)c(OC)c(OC)c2)cc1N. The fourth-order valence-electron chi connectivity index (χ4n) is 4.25. The number of amides is 1. The first kappa shape index (κ1) is 21.4. The summed E-state index contributed by atoms with van der Waals surface area (Å²) in [6.45, 7) is 0.